The van der Waals surface area contributed by atoms with Crippen molar-refractivity contribution in [2.24, 2.45) is 0 Å². The first-order valence-electron chi connectivity index (χ1n) is 8.68. The summed E-state index contributed by atoms with van der Waals surface area (Å²) in [5.74, 6) is 0.722. The normalized spacial score (nSPS) is 12.7. The zero-order valence-corrected chi connectivity index (χ0v) is 16.2. The van der Waals surface area contributed by atoms with Crippen LogP contribution in [0.25, 0.3) is 0 Å². The molecule has 0 saturated heterocycles. The smallest absolute Gasteiger partial charge is 0.239 e. The lowest BCUT2D eigenvalue weighted by molar-refractivity contribution is -0.117. The molecule has 2 aromatic rings. The number of likely N-dealkylation sites (N-methyl/N-ethyl adjacent to an activating group) is 1. The Balaban J connectivity index is 1.64. The van der Waals surface area contributed by atoms with Crippen LogP contribution in [0, 0.1) is 18.3 Å². The van der Waals surface area contributed by atoms with E-state index in [9.17, 15) is 10.1 Å². The third kappa shape index (κ3) is 3.90. The Bertz CT molecular complexity index is 867. The molecule has 0 atom stereocenters. The van der Waals surface area contributed by atoms with Gasteiger partial charge in [0, 0.05) is 17.0 Å². The highest BCUT2D eigenvalue weighted by Gasteiger charge is 2.23. The van der Waals surface area contributed by atoms with Gasteiger partial charge < -0.3 is 10.1 Å². The molecule has 136 valence electrons. The van der Waals surface area contributed by atoms with Crippen molar-refractivity contribution in [3.05, 3.63) is 45.3 Å². The summed E-state index contributed by atoms with van der Waals surface area (Å²) in [7, 11) is 3.56. The lowest BCUT2D eigenvalue weighted by atomic mass is 10.1. The monoisotopic (exact) mass is 369 g/mol. The van der Waals surface area contributed by atoms with Crippen molar-refractivity contribution in [1.29, 1.82) is 5.26 Å². The number of aryl methyl sites for hydroxylation is 2. The van der Waals surface area contributed by atoms with E-state index in [1.54, 1.807) is 18.4 Å². The molecule has 1 amide bonds. The van der Waals surface area contributed by atoms with Crippen LogP contribution in [-0.2, 0) is 24.2 Å². The van der Waals surface area contributed by atoms with Gasteiger partial charge in [-0.15, -0.1) is 11.3 Å². The first-order chi connectivity index (χ1) is 12.5. The second-order valence-corrected chi connectivity index (χ2v) is 7.81. The summed E-state index contributed by atoms with van der Waals surface area (Å²) in [6.07, 6.45) is 3.06. The van der Waals surface area contributed by atoms with Gasteiger partial charge in [-0.3, -0.25) is 9.69 Å². The molecule has 0 bridgehead atoms. The molecule has 6 heteroatoms. The van der Waals surface area contributed by atoms with E-state index in [-0.39, 0.29) is 12.5 Å². The second kappa shape index (κ2) is 7.90. The Kier molecular flexibility index (Phi) is 5.60. The number of nitrogens with zero attached hydrogens (tertiary/aromatic N) is 2. The molecule has 1 heterocycles. The summed E-state index contributed by atoms with van der Waals surface area (Å²) in [4.78, 5) is 15.6. The minimum absolute atomic E-state index is 0.101. The topological polar surface area (TPSA) is 65.4 Å². The van der Waals surface area contributed by atoms with E-state index in [2.05, 4.69) is 17.5 Å². The zero-order chi connectivity index (χ0) is 18.7. The molecule has 1 aromatic heterocycles. The van der Waals surface area contributed by atoms with Gasteiger partial charge >= 0.3 is 0 Å². The molecule has 5 nitrogen and oxygen atoms in total. The van der Waals surface area contributed by atoms with Gasteiger partial charge in [0.2, 0.25) is 5.91 Å². The van der Waals surface area contributed by atoms with Crippen LogP contribution in [0.5, 0.6) is 5.75 Å². The number of rotatable bonds is 6. The maximum absolute atomic E-state index is 12.4. The van der Waals surface area contributed by atoms with E-state index in [0.717, 1.165) is 41.7 Å². The number of hydrogen-bond acceptors (Lipinski definition) is 5. The van der Waals surface area contributed by atoms with Crippen molar-refractivity contribution in [1.82, 2.24) is 4.90 Å². The predicted octanol–water partition coefficient (Wildman–Crippen LogP) is 3.50. The van der Waals surface area contributed by atoms with Crippen LogP contribution in [0.4, 0.5) is 5.00 Å². The number of carbonyl (C=O) groups excluding carboxylic acids is 1. The third-order valence-corrected chi connectivity index (χ3v) is 5.78. The number of carbonyl (C=O) groups is 1. The third-order valence-electron chi connectivity index (χ3n) is 4.58. The van der Waals surface area contributed by atoms with Crippen molar-refractivity contribution >= 4 is 22.2 Å². The Labute approximate surface area is 158 Å². The Morgan fingerprint density at radius 2 is 2.23 bits per heavy atom. The standard InChI is InChI=1S/C20H23N3O2S/c1-13-7-8-17(25-3)14(9-13)11-23(2)12-19(24)22-20-16(10-21)15-5-4-6-18(15)26-20/h7-9H,4-6,11-12H2,1-3H3,(H,22,24). The summed E-state index contributed by atoms with van der Waals surface area (Å²) in [5, 5.41) is 13.1. The number of amides is 1. The van der Waals surface area contributed by atoms with Crippen molar-refractivity contribution < 1.29 is 9.53 Å². The molecule has 1 aliphatic rings. The van der Waals surface area contributed by atoms with Crippen LogP contribution < -0.4 is 10.1 Å². The maximum Gasteiger partial charge on any atom is 0.239 e. The molecule has 0 fully saturated rings. The van der Waals surface area contributed by atoms with Crippen LogP contribution >= 0.6 is 11.3 Å². The Hall–Kier alpha value is -2.36. The summed E-state index contributed by atoms with van der Waals surface area (Å²) in [5.41, 5.74) is 3.99. The minimum Gasteiger partial charge on any atom is -0.496 e. The van der Waals surface area contributed by atoms with Gasteiger partial charge in [0.25, 0.3) is 0 Å². The lowest BCUT2D eigenvalue weighted by Gasteiger charge is -2.18. The number of hydrogen-bond donors (Lipinski definition) is 1. The number of ether oxygens (including phenoxy) is 1. The molecule has 0 spiro atoms. The highest BCUT2D eigenvalue weighted by molar-refractivity contribution is 7.16. The zero-order valence-electron chi connectivity index (χ0n) is 15.4. The van der Waals surface area contributed by atoms with E-state index in [1.165, 1.54) is 4.88 Å². The molecule has 1 aromatic carbocycles. The first-order valence-corrected chi connectivity index (χ1v) is 9.50. The molecule has 26 heavy (non-hydrogen) atoms. The van der Waals surface area contributed by atoms with Crippen LogP contribution in [0.3, 0.4) is 0 Å². The fourth-order valence-corrected chi connectivity index (χ4v) is 4.66. The highest BCUT2D eigenvalue weighted by atomic mass is 32.1. The van der Waals surface area contributed by atoms with Gasteiger partial charge in [0.1, 0.15) is 16.8 Å². The SMILES string of the molecule is COc1ccc(C)cc1CN(C)CC(=O)Nc1sc2c(c1C#N)CCC2. The van der Waals surface area contributed by atoms with Crippen LogP contribution in [0.15, 0.2) is 18.2 Å². The van der Waals surface area contributed by atoms with E-state index in [0.29, 0.717) is 17.1 Å². The van der Waals surface area contributed by atoms with Gasteiger partial charge in [0.15, 0.2) is 0 Å². The fraction of sp³-hybridized carbons (Fsp3) is 0.400. The summed E-state index contributed by atoms with van der Waals surface area (Å²) < 4.78 is 5.41. The average molecular weight is 369 g/mol. The van der Waals surface area contributed by atoms with Crippen LogP contribution in [0.2, 0.25) is 0 Å². The van der Waals surface area contributed by atoms with E-state index >= 15 is 0 Å². The quantitative estimate of drug-likeness (QED) is 0.846. The van der Waals surface area contributed by atoms with Crippen molar-refractivity contribution in [3.63, 3.8) is 0 Å². The number of fused-ring (bicyclic) bond motifs is 1. The Morgan fingerprint density at radius 3 is 2.96 bits per heavy atom. The van der Waals surface area contributed by atoms with Gasteiger partial charge in [-0.05, 0) is 44.9 Å². The molecule has 3 rings (SSSR count). The first kappa shape index (κ1) is 18.4. The van der Waals surface area contributed by atoms with E-state index in [4.69, 9.17) is 4.74 Å². The summed E-state index contributed by atoms with van der Waals surface area (Å²) >= 11 is 1.55. The van der Waals surface area contributed by atoms with Crippen LogP contribution in [0.1, 0.15) is 33.6 Å². The van der Waals surface area contributed by atoms with E-state index in [1.807, 2.05) is 31.0 Å². The van der Waals surface area contributed by atoms with Crippen molar-refractivity contribution in [3.8, 4) is 11.8 Å². The summed E-state index contributed by atoms with van der Waals surface area (Å²) in [6.45, 7) is 2.91. The van der Waals surface area contributed by atoms with Gasteiger partial charge in [-0.2, -0.15) is 5.26 Å². The molecular formula is C20H23N3O2S. The lowest BCUT2D eigenvalue weighted by Crippen LogP contribution is -2.30. The molecule has 0 radical (unpaired) electrons. The van der Waals surface area contributed by atoms with Gasteiger partial charge in [0.05, 0.1) is 19.2 Å². The number of thiophene rings is 1. The average Bonchev–Trinajstić information content (AvgIpc) is 3.15. The minimum atomic E-state index is -0.101. The van der Waals surface area contributed by atoms with E-state index < -0.39 is 0 Å². The molecule has 0 aliphatic heterocycles. The fourth-order valence-electron chi connectivity index (χ4n) is 3.40. The maximum atomic E-state index is 12.4. The van der Waals surface area contributed by atoms with Crippen LogP contribution in [-0.4, -0.2) is 31.5 Å². The van der Waals surface area contributed by atoms with Gasteiger partial charge in [-0.25, -0.2) is 0 Å². The summed E-state index contributed by atoms with van der Waals surface area (Å²) in [6, 6.07) is 8.29. The predicted molar refractivity (Wildman–Crippen MR) is 104 cm³/mol. The second-order valence-electron chi connectivity index (χ2n) is 6.71. The number of methoxy groups -OCH3 is 1. The molecule has 0 unspecified atom stereocenters. The molecule has 1 N–H and O–H groups in total. The van der Waals surface area contributed by atoms with Crippen molar-refractivity contribution in [2.45, 2.75) is 32.7 Å². The number of benzene rings is 1. The number of nitrogens with one attached hydrogen (secondary N) is 1. The Morgan fingerprint density at radius 1 is 1.42 bits per heavy atom. The van der Waals surface area contributed by atoms with Crippen molar-refractivity contribution in [2.75, 3.05) is 26.0 Å². The molecule has 0 saturated carbocycles. The van der Waals surface area contributed by atoms with Gasteiger partial charge in [-0.1, -0.05) is 17.7 Å². The molecule has 1 aliphatic carbocycles. The largest absolute Gasteiger partial charge is 0.496 e. The molecular weight excluding hydrogens is 346 g/mol. The highest BCUT2D eigenvalue weighted by Crippen LogP contribution is 2.38. The number of nitriles is 1. The number of anilines is 1.